The number of nitrogens with zero attached hydrogens (tertiary/aromatic N) is 1. The summed E-state index contributed by atoms with van der Waals surface area (Å²) in [5.41, 5.74) is 1.63. The van der Waals surface area contributed by atoms with Crippen molar-refractivity contribution in [3.63, 3.8) is 0 Å². The molecule has 25 heavy (non-hydrogen) atoms. The molecular formula is C18H20N2O5. The third kappa shape index (κ3) is 4.46. The molecule has 1 N–H and O–H groups in total. The number of aromatic nitrogens is 1. The maximum Gasteiger partial charge on any atom is 0.255 e. The minimum absolute atomic E-state index is 0.254. The third-order valence-electron chi connectivity index (χ3n) is 3.65. The molecule has 1 aliphatic rings. The maximum absolute atomic E-state index is 12.1. The lowest BCUT2D eigenvalue weighted by molar-refractivity contribution is -0.142. The van der Waals surface area contributed by atoms with Crippen LogP contribution >= 0.6 is 0 Å². The van der Waals surface area contributed by atoms with Crippen LogP contribution in [0.5, 0.6) is 17.4 Å². The second kappa shape index (κ2) is 7.96. The molecule has 1 amide bonds. The van der Waals surface area contributed by atoms with Crippen molar-refractivity contribution in [1.29, 1.82) is 0 Å². The van der Waals surface area contributed by atoms with Gasteiger partial charge in [0.15, 0.2) is 17.6 Å². The predicted octanol–water partition coefficient (Wildman–Crippen LogP) is 2.54. The summed E-state index contributed by atoms with van der Waals surface area (Å²) >= 11 is 0. The van der Waals surface area contributed by atoms with Crippen LogP contribution in [0.2, 0.25) is 0 Å². The van der Waals surface area contributed by atoms with Crippen molar-refractivity contribution >= 4 is 11.6 Å². The number of amides is 1. The molecule has 7 heteroatoms. The van der Waals surface area contributed by atoms with Crippen LogP contribution in [0.3, 0.4) is 0 Å². The van der Waals surface area contributed by atoms with Gasteiger partial charge in [-0.15, -0.1) is 0 Å². The predicted molar refractivity (Wildman–Crippen MR) is 91.2 cm³/mol. The van der Waals surface area contributed by atoms with Crippen LogP contribution in [0.25, 0.3) is 0 Å². The van der Waals surface area contributed by atoms with Gasteiger partial charge < -0.3 is 24.3 Å². The van der Waals surface area contributed by atoms with Gasteiger partial charge in [-0.2, -0.15) is 0 Å². The quantitative estimate of drug-likeness (QED) is 0.898. The van der Waals surface area contributed by atoms with Crippen LogP contribution < -0.4 is 14.8 Å². The Morgan fingerprint density at radius 1 is 1.24 bits per heavy atom. The summed E-state index contributed by atoms with van der Waals surface area (Å²) in [4.78, 5) is 16.3. The Hall–Kier alpha value is -2.64. The van der Waals surface area contributed by atoms with Gasteiger partial charge in [-0.05, 0) is 30.7 Å². The molecule has 2 heterocycles. The molecule has 1 aliphatic heterocycles. The lowest BCUT2D eigenvalue weighted by atomic mass is 10.2. The van der Waals surface area contributed by atoms with Crippen molar-refractivity contribution in [3.8, 4) is 17.4 Å². The molecule has 0 aliphatic carbocycles. The first kappa shape index (κ1) is 17.2. The van der Waals surface area contributed by atoms with E-state index in [2.05, 4.69) is 10.3 Å². The molecule has 132 valence electrons. The van der Waals surface area contributed by atoms with Crippen LogP contribution in [0, 0.1) is 6.92 Å². The number of nitrogens with one attached hydrogen (secondary N) is 1. The molecule has 3 rings (SSSR count). The molecule has 0 unspecified atom stereocenters. The van der Waals surface area contributed by atoms with Gasteiger partial charge in [-0.1, -0.05) is 6.07 Å². The van der Waals surface area contributed by atoms with Crippen LogP contribution in [-0.2, 0) is 14.3 Å². The van der Waals surface area contributed by atoms with Crippen LogP contribution in [0.15, 0.2) is 36.5 Å². The fourth-order valence-corrected chi connectivity index (χ4v) is 2.35. The largest absolute Gasteiger partial charge is 0.493 e. The molecule has 1 atom stereocenters. The van der Waals surface area contributed by atoms with Gasteiger partial charge in [-0.25, -0.2) is 4.98 Å². The summed E-state index contributed by atoms with van der Waals surface area (Å²) in [6.07, 6.45) is 0.930. The van der Waals surface area contributed by atoms with Gasteiger partial charge in [-0.3, -0.25) is 4.79 Å². The van der Waals surface area contributed by atoms with E-state index in [1.807, 2.05) is 25.1 Å². The molecule has 0 radical (unpaired) electrons. The first-order valence-corrected chi connectivity index (χ1v) is 7.94. The van der Waals surface area contributed by atoms with Gasteiger partial charge in [0.2, 0.25) is 5.88 Å². The highest BCUT2D eigenvalue weighted by Crippen LogP contribution is 2.31. The van der Waals surface area contributed by atoms with Crippen LogP contribution in [-0.4, -0.2) is 43.9 Å². The van der Waals surface area contributed by atoms with Gasteiger partial charge >= 0.3 is 0 Å². The van der Waals surface area contributed by atoms with E-state index in [1.165, 1.54) is 6.20 Å². The van der Waals surface area contributed by atoms with E-state index >= 15 is 0 Å². The van der Waals surface area contributed by atoms with E-state index in [-0.39, 0.29) is 12.5 Å². The second-order valence-electron chi connectivity index (χ2n) is 5.57. The van der Waals surface area contributed by atoms with Crippen molar-refractivity contribution < 1.29 is 23.7 Å². The van der Waals surface area contributed by atoms with E-state index in [1.54, 1.807) is 19.2 Å². The van der Waals surface area contributed by atoms with E-state index in [4.69, 9.17) is 18.9 Å². The number of ether oxygens (including phenoxy) is 4. The third-order valence-corrected chi connectivity index (χ3v) is 3.65. The monoisotopic (exact) mass is 344 g/mol. The number of carbonyl (C=O) groups is 1. The SMILES string of the molecule is COc1cc(C)ccc1Oc1ccc(NC(=O)[C@H]2COCCO2)cn1. The normalized spacial score (nSPS) is 17.0. The molecule has 0 saturated carbocycles. The first-order valence-electron chi connectivity index (χ1n) is 7.94. The summed E-state index contributed by atoms with van der Waals surface area (Å²) in [5, 5.41) is 2.75. The lowest BCUT2D eigenvalue weighted by Crippen LogP contribution is -2.39. The van der Waals surface area contributed by atoms with Gasteiger partial charge in [0.1, 0.15) is 0 Å². The summed E-state index contributed by atoms with van der Waals surface area (Å²) < 4.78 is 21.6. The fraction of sp³-hybridized carbons (Fsp3) is 0.333. The zero-order chi connectivity index (χ0) is 17.6. The Balaban J connectivity index is 1.63. The summed E-state index contributed by atoms with van der Waals surface area (Å²) in [6, 6.07) is 9.03. The Bertz CT molecular complexity index is 727. The highest BCUT2D eigenvalue weighted by Gasteiger charge is 2.22. The summed E-state index contributed by atoms with van der Waals surface area (Å²) in [7, 11) is 1.59. The first-order chi connectivity index (χ1) is 12.2. The molecule has 1 aromatic carbocycles. The number of pyridine rings is 1. The average Bonchev–Trinajstić information content (AvgIpc) is 2.65. The van der Waals surface area contributed by atoms with Crippen molar-refractivity contribution in [2.45, 2.75) is 13.0 Å². The Labute approximate surface area is 145 Å². The standard InChI is InChI=1S/C18H20N2O5/c1-12-3-5-14(15(9-12)22-2)25-17-6-4-13(10-19-17)20-18(21)16-11-23-7-8-24-16/h3-6,9-10,16H,7-8,11H2,1-2H3,(H,20,21)/t16-/m1/s1. The van der Waals surface area contributed by atoms with Crippen LogP contribution in [0.4, 0.5) is 5.69 Å². The number of rotatable bonds is 5. The molecule has 7 nitrogen and oxygen atoms in total. The summed E-state index contributed by atoms with van der Waals surface area (Å²) in [5.74, 6) is 1.35. The zero-order valence-electron chi connectivity index (χ0n) is 14.2. The molecule has 1 aromatic heterocycles. The fourth-order valence-electron chi connectivity index (χ4n) is 2.35. The van der Waals surface area contributed by atoms with Crippen LogP contribution in [0.1, 0.15) is 5.56 Å². The summed E-state index contributed by atoms with van der Waals surface area (Å²) in [6.45, 7) is 3.16. The van der Waals surface area contributed by atoms with Gasteiger partial charge in [0, 0.05) is 6.07 Å². The van der Waals surface area contributed by atoms with E-state index in [0.717, 1.165) is 5.56 Å². The van der Waals surface area contributed by atoms with Gasteiger partial charge in [0.25, 0.3) is 5.91 Å². The molecule has 0 spiro atoms. The number of carbonyl (C=O) groups excluding carboxylic acids is 1. The van der Waals surface area contributed by atoms with E-state index < -0.39 is 6.10 Å². The lowest BCUT2D eigenvalue weighted by Gasteiger charge is -2.21. The van der Waals surface area contributed by atoms with Crippen molar-refractivity contribution in [2.24, 2.45) is 0 Å². The number of hydrogen-bond donors (Lipinski definition) is 1. The molecule has 2 aromatic rings. The molecule has 1 saturated heterocycles. The highest BCUT2D eigenvalue weighted by atomic mass is 16.6. The number of methoxy groups -OCH3 is 1. The van der Waals surface area contributed by atoms with Gasteiger partial charge in [0.05, 0.1) is 38.8 Å². The highest BCUT2D eigenvalue weighted by molar-refractivity contribution is 5.94. The minimum Gasteiger partial charge on any atom is -0.493 e. The smallest absolute Gasteiger partial charge is 0.255 e. The van der Waals surface area contributed by atoms with Crippen molar-refractivity contribution in [2.75, 3.05) is 32.2 Å². The second-order valence-corrected chi connectivity index (χ2v) is 5.57. The number of aryl methyl sites for hydroxylation is 1. The Morgan fingerprint density at radius 3 is 2.80 bits per heavy atom. The number of anilines is 1. The molecule has 1 fully saturated rings. The van der Waals surface area contributed by atoms with E-state index in [9.17, 15) is 4.79 Å². The van der Waals surface area contributed by atoms with Crippen molar-refractivity contribution in [3.05, 3.63) is 42.1 Å². The molecule has 0 bridgehead atoms. The number of hydrogen-bond acceptors (Lipinski definition) is 6. The Morgan fingerprint density at radius 2 is 2.12 bits per heavy atom. The van der Waals surface area contributed by atoms with Crippen molar-refractivity contribution in [1.82, 2.24) is 4.98 Å². The zero-order valence-corrected chi connectivity index (χ0v) is 14.2. The Kier molecular flexibility index (Phi) is 5.47. The minimum atomic E-state index is -0.596. The van der Waals surface area contributed by atoms with E-state index in [0.29, 0.717) is 36.3 Å². The molecular weight excluding hydrogens is 324 g/mol. The maximum atomic E-state index is 12.1. The average molecular weight is 344 g/mol. The number of benzene rings is 1. The topological polar surface area (TPSA) is 78.9 Å².